The Labute approximate surface area is 217 Å². The third-order valence-corrected chi connectivity index (χ3v) is 6.09. The van der Waals surface area contributed by atoms with Crippen LogP contribution in [-0.4, -0.2) is 102 Å². The second kappa shape index (κ2) is 14.1. The van der Waals surface area contributed by atoms with Crippen LogP contribution in [0.4, 0.5) is 27.2 Å². The molecule has 13 nitrogen and oxygen atoms in total. The zero-order valence-corrected chi connectivity index (χ0v) is 22.0. The van der Waals surface area contributed by atoms with E-state index in [4.69, 9.17) is 4.74 Å². The molecule has 202 valence electrons. The van der Waals surface area contributed by atoms with Crippen molar-refractivity contribution in [3.05, 3.63) is 24.7 Å². The summed E-state index contributed by atoms with van der Waals surface area (Å²) in [5, 5.41) is 5.27. The Morgan fingerprint density at radius 3 is 2.49 bits per heavy atom. The number of nitrogens with zero attached hydrogens (tertiary/aromatic N) is 7. The highest BCUT2D eigenvalue weighted by Gasteiger charge is 2.28. The second-order valence-electron chi connectivity index (χ2n) is 8.82. The van der Waals surface area contributed by atoms with Gasteiger partial charge in [0.15, 0.2) is 5.82 Å². The molecule has 1 unspecified atom stereocenters. The third kappa shape index (κ3) is 8.70. The molecule has 4 rings (SSSR count). The van der Waals surface area contributed by atoms with Crippen molar-refractivity contribution in [3.8, 4) is 5.88 Å². The van der Waals surface area contributed by atoms with E-state index in [1.165, 1.54) is 45.4 Å². The number of ether oxygens (including phenoxy) is 2. The van der Waals surface area contributed by atoms with E-state index < -0.39 is 6.09 Å². The van der Waals surface area contributed by atoms with E-state index >= 15 is 0 Å². The maximum absolute atomic E-state index is 12.7. The molecule has 2 aliphatic heterocycles. The first kappa shape index (κ1) is 27.8. The van der Waals surface area contributed by atoms with Gasteiger partial charge in [-0.3, -0.25) is 10.6 Å². The van der Waals surface area contributed by atoms with E-state index in [1.54, 1.807) is 24.2 Å². The van der Waals surface area contributed by atoms with Crippen LogP contribution in [0, 0.1) is 0 Å². The van der Waals surface area contributed by atoms with Gasteiger partial charge in [-0.15, -0.1) is 0 Å². The summed E-state index contributed by atoms with van der Waals surface area (Å²) >= 11 is 0. The smallest absolute Gasteiger partial charge is 0.412 e. The number of hydrogen-bond donors (Lipinski definition) is 2. The van der Waals surface area contributed by atoms with E-state index in [9.17, 15) is 9.59 Å². The first-order valence-corrected chi connectivity index (χ1v) is 12.5. The molecule has 13 heteroatoms. The van der Waals surface area contributed by atoms with Gasteiger partial charge in [-0.2, -0.15) is 4.98 Å². The number of piperidine rings is 1. The van der Waals surface area contributed by atoms with Crippen molar-refractivity contribution in [2.75, 3.05) is 69.5 Å². The molecule has 2 aromatic heterocycles. The average molecular weight is 516 g/mol. The Bertz CT molecular complexity index is 1000. The molecule has 1 atom stereocenters. The van der Waals surface area contributed by atoms with Crippen LogP contribution in [0.15, 0.2) is 24.7 Å². The number of methoxy groups -OCH3 is 1. The molecule has 0 aliphatic carbocycles. The molecule has 2 aromatic rings. The number of urea groups is 1. The number of hydrogen-bond acceptors (Lipinski definition) is 10. The van der Waals surface area contributed by atoms with Crippen molar-refractivity contribution < 1.29 is 19.1 Å². The predicted octanol–water partition coefficient (Wildman–Crippen LogP) is 2.69. The largest absolute Gasteiger partial charge is 0.477 e. The van der Waals surface area contributed by atoms with Crippen LogP contribution < -0.4 is 20.3 Å². The summed E-state index contributed by atoms with van der Waals surface area (Å²) in [5.41, 5.74) is 0. The number of anilines is 3. The zero-order valence-electron chi connectivity index (χ0n) is 22.0. The molecule has 2 N–H and O–H groups in total. The summed E-state index contributed by atoms with van der Waals surface area (Å²) in [5.74, 6) is 1.57. The van der Waals surface area contributed by atoms with Crippen molar-refractivity contribution in [1.82, 2.24) is 29.7 Å². The predicted molar refractivity (Wildman–Crippen MR) is 140 cm³/mol. The minimum absolute atomic E-state index is 0.0507. The highest BCUT2D eigenvalue weighted by atomic mass is 16.5. The van der Waals surface area contributed by atoms with Crippen LogP contribution in [0.5, 0.6) is 5.88 Å². The summed E-state index contributed by atoms with van der Waals surface area (Å²) < 4.78 is 9.84. The van der Waals surface area contributed by atoms with Crippen molar-refractivity contribution >= 4 is 29.7 Å². The molecule has 2 saturated heterocycles. The van der Waals surface area contributed by atoms with Gasteiger partial charge < -0.3 is 24.2 Å². The molecule has 0 aromatic carbocycles. The molecule has 0 bridgehead atoms. The Morgan fingerprint density at radius 1 is 1.08 bits per heavy atom. The number of carbonyl (C=O) groups is 2. The van der Waals surface area contributed by atoms with Gasteiger partial charge in [0, 0.05) is 26.3 Å². The van der Waals surface area contributed by atoms with E-state index in [0.717, 1.165) is 19.4 Å². The summed E-state index contributed by atoms with van der Waals surface area (Å²) in [7, 11) is 5.20. The zero-order chi connectivity index (χ0) is 26.6. The van der Waals surface area contributed by atoms with Gasteiger partial charge in [0.05, 0.1) is 32.2 Å². The molecule has 0 saturated carbocycles. The fraction of sp³-hybridized carbons (Fsp3) is 0.583. The van der Waals surface area contributed by atoms with Gasteiger partial charge in [0.2, 0.25) is 11.8 Å². The van der Waals surface area contributed by atoms with E-state index in [-0.39, 0.29) is 12.1 Å². The van der Waals surface area contributed by atoms with E-state index in [0.29, 0.717) is 36.6 Å². The minimum Gasteiger partial charge on any atom is -0.477 e. The van der Waals surface area contributed by atoms with Crippen LogP contribution in [0.3, 0.4) is 0 Å². The molecule has 2 aliphatic rings. The number of carbonyl (C=O) groups excluding carboxylic acids is 2. The Balaban J connectivity index is 0.000000555. The van der Waals surface area contributed by atoms with E-state index in [1.807, 2.05) is 11.8 Å². The quantitative estimate of drug-likeness (QED) is 0.590. The lowest BCUT2D eigenvalue weighted by atomic mass is 10.1. The highest BCUT2D eigenvalue weighted by molar-refractivity contribution is 5.88. The number of likely N-dealkylation sites (N-methyl/N-ethyl adjacent to an activating group) is 1. The molecule has 0 radical (unpaired) electrons. The van der Waals surface area contributed by atoms with Crippen molar-refractivity contribution in [3.63, 3.8) is 0 Å². The standard InChI is InChI=1S/C19H26N8O4.C5H11N/c1-4-31-16-11-21-15(10-22-16)24-18(28)26(2)13-6-5-9-27(12-13)17-20-8-7-14(23-17)25-19(29)30-3;1-6-4-2-3-5-6/h7-8,10-11,13H,4-6,9,12H2,1-3H3,(H,21,24,28)(H,20,23,25,29);2-5H2,1H3. The number of amides is 3. The molecular formula is C24H37N9O4. The monoisotopic (exact) mass is 515 g/mol. The van der Waals surface area contributed by atoms with Gasteiger partial charge in [0.1, 0.15) is 5.82 Å². The van der Waals surface area contributed by atoms with Gasteiger partial charge in [0.25, 0.3) is 0 Å². The molecule has 4 heterocycles. The summed E-state index contributed by atoms with van der Waals surface area (Å²) in [6, 6.07) is 1.25. The first-order chi connectivity index (χ1) is 17.9. The van der Waals surface area contributed by atoms with E-state index in [2.05, 4.69) is 47.3 Å². The number of nitrogens with one attached hydrogen (secondary N) is 2. The first-order valence-electron chi connectivity index (χ1n) is 12.5. The fourth-order valence-electron chi connectivity index (χ4n) is 4.02. The Morgan fingerprint density at radius 2 is 1.86 bits per heavy atom. The molecule has 0 spiro atoms. The van der Waals surface area contributed by atoms with Crippen molar-refractivity contribution in [2.24, 2.45) is 0 Å². The van der Waals surface area contributed by atoms with Gasteiger partial charge in [-0.25, -0.2) is 24.5 Å². The molecule has 37 heavy (non-hydrogen) atoms. The number of aromatic nitrogens is 4. The third-order valence-electron chi connectivity index (χ3n) is 6.09. The Hall–Kier alpha value is -3.74. The van der Waals surface area contributed by atoms with Gasteiger partial charge in [-0.05, 0) is 58.8 Å². The van der Waals surface area contributed by atoms with Crippen LogP contribution in [0.25, 0.3) is 0 Å². The normalized spacial score (nSPS) is 17.3. The fourth-order valence-corrected chi connectivity index (χ4v) is 4.02. The molecular weight excluding hydrogens is 478 g/mol. The second-order valence-corrected chi connectivity index (χ2v) is 8.82. The van der Waals surface area contributed by atoms with Crippen molar-refractivity contribution in [2.45, 2.75) is 38.6 Å². The van der Waals surface area contributed by atoms with Crippen LogP contribution in [0.2, 0.25) is 0 Å². The molecule has 2 fully saturated rings. The minimum atomic E-state index is -0.602. The Kier molecular flexibility index (Phi) is 10.6. The van der Waals surface area contributed by atoms with Crippen LogP contribution in [-0.2, 0) is 4.74 Å². The average Bonchev–Trinajstić information content (AvgIpc) is 3.41. The lowest BCUT2D eigenvalue weighted by Gasteiger charge is -2.37. The SMILES string of the molecule is CCOc1cnc(NC(=O)N(C)C2CCCN(c3nccc(NC(=O)OC)n3)C2)cn1.CN1CCCC1. The summed E-state index contributed by atoms with van der Waals surface area (Å²) in [4.78, 5) is 47.0. The summed E-state index contributed by atoms with van der Waals surface area (Å²) in [6.07, 6.45) is 8.42. The topological polar surface area (TPSA) is 138 Å². The highest BCUT2D eigenvalue weighted by Crippen LogP contribution is 2.21. The maximum Gasteiger partial charge on any atom is 0.412 e. The lowest BCUT2D eigenvalue weighted by molar-refractivity contribution is 0.186. The van der Waals surface area contributed by atoms with Gasteiger partial charge in [-0.1, -0.05) is 0 Å². The van der Waals surface area contributed by atoms with Crippen LogP contribution in [0.1, 0.15) is 32.6 Å². The van der Waals surface area contributed by atoms with Crippen molar-refractivity contribution in [1.29, 1.82) is 0 Å². The maximum atomic E-state index is 12.7. The summed E-state index contributed by atoms with van der Waals surface area (Å²) in [6.45, 7) is 6.29. The number of likely N-dealkylation sites (tertiary alicyclic amines) is 1. The molecule has 3 amide bonds. The lowest BCUT2D eigenvalue weighted by Crippen LogP contribution is -2.50. The van der Waals surface area contributed by atoms with Gasteiger partial charge >= 0.3 is 12.1 Å². The van der Waals surface area contributed by atoms with Crippen LogP contribution >= 0.6 is 0 Å². The number of rotatable bonds is 6.